The topological polar surface area (TPSA) is 245 Å². The number of fused-ring (bicyclic) bond motifs is 4. The van der Waals surface area contributed by atoms with Crippen molar-refractivity contribution in [2.75, 3.05) is 48.1 Å². The molecule has 67 heavy (non-hydrogen) atoms. The van der Waals surface area contributed by atoms with Gasteiger partial charge in [0.2, 0.25) is 0 Å². The lowest BCUT2D eigenvalue weighted by molar-refractivity contribution is -0.183. The van der Waals surface area contributed by atoms with Gasteiger partial charge in [-0.15, -0.1) is 0 Å². The Balaban J connectivity index is 0.000000203. The molecule has 0 amide bonds. The third kappa shape index (κ3) is 9.57. The number of hydrogen-bond acceptors (Lipinski definition) is 16. The maximum atomic E-state index is 13.8. The molecule has 2 aliphatic carbocycles. The molecule has 0 spiro atoms. The Kier molecular flexibility index (Phi) is 14.7. The summed E-state index contributed by atoms with van der Waals surface area (Å²) in [5, 5.41) is 29.7. The summed E-state index contributed by atoms with van der Waals surface area (Å²) in [7, 11) is 4.32. The van der Waals surface area contributed by atoms with Crippen LogP contribution in [-0.4, -0.2) is 104 Å². The van der Waals surface area contributed by atoms with E-state index in [0.29, 0.717) is 24.5 Å². The van der Waals surface area contributed by atoms with Crippen LogP contribution in [0.3, 0.4) is 0 Å². The fourth-order valence-electron chi connectivity index (χ4n) is 8.07. The van der Waals surface area contributed by atoms with E-state index < -0.39 is 46.9 Å². The molecule has 3 aliphatic rings. The van der Waals surface area contributed by atoms with Crippen molar-refractivity contribution in [1.29, 1.82) is 0 Å². The van der Waals surface area contributed by atoms with Crippen molar-refractivity contribution in [3.63, 3.8) is 0 Å². The van der Waals surface area contributed by atoms with Gasteiger partial charge in [0.25, 0.3) is 0 Å². The molecule has 3 N–H and O–H groups in total. The van der Waals surface area contributed by atoms with Gasteiger partial charge in [-0.25, -0.2) is 0 Å². The van der Waals surface area contributed by atoms with E-state index in [4.69, 9.17) is 38.3 Å². The Morgan fingerprint density at radius 1 is 0.627 bits per heavy atom. The van der Waals surface area contributed by atoms with Crippen LogP contribution in [0.15, 0.2) is 78.9 Å². The zero-order valence-electron chi connectivity index (χ0n) is 36.5. The number of phenols is 2. The van der Waals surface area contributed by atoms with E-state index in [2.05, 4.69) is 0 Å². The molecule has 1 saturated heterocycles. The Morgan fingerprint density at radius 2 is 1.22 bits per heavy atom. The summed E-state index contributed by atoms with van der Waals surface area (Å²) < 4.78 is 37.8. The summed E-state index contributed by atoms with van der Waals surface area (Å²) in [5.41, 5.74) is 0.0881. The number of ketones is 6. The van der Waals surface area contributed by atoms with Crippen LogP contribution in [0, 0.1) is 0 Å². The molecule has 5 aromatic carbocycles. The molecule has 0 bridgehead atoms. The number of methoxy groups -OCH3 is 3. The minimum absolute atomic E-state index is 0.00165. The van der Waals surface area contributed by atoms with Gasteiger partial charge in [0.1, 0.15) is 28.7 Å². The second-order valence-corrected chi connectivity index (χ2v) is 15.3. The number of carbonyl (C=O) groups excluding carboxylic acids is 6. The van der Waals surface area contributed by atoms with Crippen molar-refractivity contribution in [2.24, 2.45) is 0 Å². The van der Waals surface area contributed by atoms with Crippen molar-refractivity contribution in [2.45, 2.75) is 38.4 Å². The number of aliphatic carboxylic acids is 1. The van der Waals surface area contributed by atoms with Crippen LogP contribution in [0.5, 0.6) is 28.7 Å². The van der Waals surface area contributed by atoms with Gasteiger partial charge in [0, 0.05) is 77.1 Å². The SMILES string of the molecule is COCOc1cc2c(c(C3OCCCO3)c1)C(=O)c1c(OCOC)cccc1C2=O.COc1cccc2c1C(=O)c1c(cc(O)cc1C(=O)c1c(O)cccc1C(=O)CCCCC(=O)O)C2=O. The van der Waals surface area contributed by atoms with Crippen molar-refractivity contribution in [1.82, 2.24) is 0 Å². The van der Waals surface area contributed by atoms with Crippen molar-refractivity contribution in [3.8, 4) is 28.7 Å². The molecule has 0 radical (unpaired) electrons. The molecule has 0 atom stereocenters. The number of unbranched alkanes of at least 4 members (excludes halogenated alkanes) is 1. The molecule has 8 rings (SSSR count). The minimum atomic E-state index is -0.994. The highest BCUT2D eigenvalue weighted by atomic mass is 16.7. The molecule has 0 aromatic heterocycles. The van der Waals surface area contributed by atoms with Gasteiger partial charge in [-0.05, 0) is 61.7 Å². The Hall–Kier alpha value is -7.57. The Bertz CT molecular complexity index is 2820. The minimum Gasteiger partial charge on any atom is -0.508 e. The lowest BCUT2D eigenvalue weighted by Gasteiger charge is -2.28. The third-order valence-electron chi connectivity index (χ3n) is 11.0. The average molecular weight is 917 g/mol. The number of aromatic hydroxyl groups is 2. The van der Waals surface area contributed by atoms with Gasteiger partial charge in [-0.1, -0.05) is 36.4 Å². The van der Waals surface area contributed by atoms with Gasteiger partial charge < -0.3 is 48.5 Å². The number of Topliss-reactive ketones (excluding diaryl/α,β-unsaturated/α-hetero) is 1. The van der Waals surface area contributed by atoms with Crippen LogP contribution < -0.4 is 14.2 Å². The first-order valence-corrected chi connectivity index (χ1v) is 20.9. The average Bonchev–Trinajstić information content (AvgIpc) is 3.33. The number of carbonyl (C=O) groups is 7. The fraction of sp³-hybridized carbons (Fsp3) is 0.260. The van der Waals surface area contributed by atoms with E-state index in [1.165, 1.54) is 51.7 Å². The number of phenolic OH excluding ortho intramolecular Hbond substituents is 2. The standard InChI is InChI=1S/C28H22O9.C22H22O8/c1-37-21-10-5-7-16-25(21)28(36)23-17(26(16)34)12-14(29)13-18(23)27(35)24-15(6-4-9-20(24)31)19(30)8-2-3-11-22(32)33;1-25-11-29-13-9-15-18(16(10-13)22-27-7-4-8-28-22)21(24)19-14(20(15)23)5-3-6-17(19)30-12-26-2/h4-7,9-10,12-13,29,31H,2-3,8,11H2,1H3,(H,32,33);3,5-6,9-10,22H,4,7-8,11-12H2,1-2H3. The maximum Gasteiger partial charge on any atom is 0.303 e. The number of carboxylic acid groups (broad SMARTS) is 1. The predicted octanol–water partition coefficient (Wildman–Crippen LogP) is 6.80. The van der Waals surface area contributed by atoms with E-state index in [1.54, 1.807) is 36.4 Å². The summed E-state index contributed by atoms with van der Waals surface area (Å²) in [6.45, 7) is 0.932. The molecular formula is C50H44O17. The number of carboxylic acids is 1. The van der Waals surface area contributed by atoms with Crippen molar-refractivity contribution >= 4 is 40.7 Å². The zero-order chi connectivity index (χ0) is 47.9. The zero-order valence-corrected chi connectivity index (χ0v) is 36.5. The van der Waals surface area contributed by atoms with E-state index >= 15 is 0 Å². The maximum absolute atomic E-state index is 13.8. The van der Waals surface area contributed by atoms with Crippen LogP contribution in [0.25, 0.3) is 0 Å². The molecule has 1 aliphatic heterocycles. The quantitative estimate of drug-likeness (QED) is 0.0512. The highest BCUT2D eigenvalue weighted by Gasteiger charge is 2.39. The first-order valence-electron chi connectivity index (χ1n) is 20.9. The molecular weight excluding hydrogens is 873 g/mol. The second-order valence-electron chi connectivity index (χ2n) is 15.3. The third-order valence-corrected chi connectivity index (χ3v) is 11.0. The normalized spacial score (nSPS) is 13.9. The largest absolute Gasteiger partial charge is 0.508 e. The molecule has 1 heterocycles. The summed E-state index contributed by atoms with van der Waals surface area (Å²) in [6.07, 6.45) is 0.292. The summed E-state index contributed by atoms with van der Waals surface area (Å²) in [5.74, 6) is -4.51. The number of ether oxygens (including phenoxy) is 7. The van der Waals surface area contributed by atoms with E-state index in [-0.39, 0.29) is 124 Å². The molecule has 346 valence electrons. The molecule has 0 saturated carbocycles. The number of benzene rings is 5. The monoisotopic (exact) mass is 916 g/mol. The van der Waals surface area contributed by atoms with E-state index in [0.717, 1.165) is 18.6 Å². The summed E-state index contributed by atoms with van der Waals surface area (Å²) in [4.78, 5) is 91.2. The molecule has 5 aromatic rings. The van der Waals surface area contributed by atoms with Crippen molar-refractivity contribution in [3.05, 3.63) is 146 Å². The lowest BCUT2D eigenvalue weighted by Crippen LogP contribution is -2.27. The van der Waals surface area contributed by atoms with Crippen molar-refractivity contribution < 1.29 is 82.0 Å². The Morgan fingerprint density at radius 3 is 1.88 bits per heavy atom. The number of rotatable bonds is 16. The smallest absolute Gasteiger partial charge is 0.303 e. The highest BCUT2D eigenvalue weighted by Crippen LogP contribution is 2.41. The number of hydrogen-bond donors (Lipinski definition) is 3. The van der Waals surface area contributed by atoms with Gasteiger partial charge in [-0.2, -0.15) is 0 Å². The summed E-state index contributed by atoms with van der Waals surface area (Å²) >= 11 is 0. The van der Waals surface area contributed by atoms with E-state index in [1.807, 2.05) is 0 Å². The first kappa shape index (κ1) is 47.4. The van der Waals surface area contributed by atoms with Gasteiger partial charge >= 0.3 is 5.97 Å². The lowest BCUT2D eigenvalue weighted by atomic mass is 9.79. The predicted molar refractivity (Wildman–Crippen MR) is 234 cm³/mol. The van der Waals surface area contributed by atoms with Crippen LogP contribution in [0.2, 0.25) is 0 Å². The van der Waals surface area contributed by atoms with Crippen LogP contribution in [-0.2, 0) is 23.7 Å². The highest BCUT2D eigenvalue weighted by molar-refractivity contribution is 6.33. The first-order chi connectivity index (χ1) is 32.3. The molecule has 17 heteroatoms. The van der Waals surface area contributed by atoms with Gasteiger partial charge in [0.15, 0.2) is 54.6 Å². The van der Waals surface area contributed by atoms with Crippen LogP contribution >= 0.6 is 0 Å². The van der Waals surface area contributed by atoms with Crippen LogP contribution in [0.1, 0.15) is 134 Å². The van der Waals surface area contributed by atoms with Gasteiger partial charge in [-0.3, -0.25) is 33.6 Å². The molecule has 1 fully saturated rings. The Labute approximate surface area is 382 Å². The fourth-order valence-corrected chi connectivity index (χ4v) is 8.07. The second kappa shape index (κ2) is 20.7. The molecule has 17 nitrogen and oxygen atoms in total. The molecule has 0 unspecified atom stereocenters. The van der Waals surface area contributed by atoms with E-state index in [9.17, 15) is 43.8 Å². The summed E-state index contributed by atoms with van der Waals surface area (Å²) in [6, 6.07) is 18.6. The van der Waals surface area contributed by atoms with Gasteiger partial charge in [0.05, 0.1) is 37.0 Å². The van der Waals surface area contributed by atoms with Crippen LogP contribution in [0.4, 0.5) is 0 Å².